The van der Waals surface area contributed by atoms with Crippen molar-refractivity contribution in [1.82, 2.24) is 0 Å². The summed E-state index contributed by atoms with van der Waals surface area (Å²) in [6, 6.07) is 0. The molecule has 0 aromatic carbocycles. The number of carboxylic acid groups (broad SMARTS) is 1. The lowest BCUT2D eigenvalue weighted by atomic mass is 9.57. The van der Waals surface area contributed by atoms with Gasteiger partial charge in [-0.05, 0) is 37.0 Å². The average Bonchev–Trinajstić information content (AvgIpc) is 2.70. The third kappa shape index (κ3) is 4.96. The quantitative estimate of drug-likeness (QED) is 0.362. The van der Waals surface area contributed by atoms with E-state index in [9.17, 15) is 24.6 Å². The summed E-state index contributed by atoms with van der Waals surface area (Å²) in [4.78, 5) is 36.3. The summed E-state index contributed by atoms with van der Waals surface area (Å²) in [5, 5.41) is 20.2. The Labute approximate surface area is 183 Å². The molecule has 168 valence electrons. The SMILES string of the molecule is C=C(C(=O)O)[C@]1(O)C[C@@]2(C)C(=CC1=O)C=C[C@H](OC(=O)/C=C/C(C)=C/[C@@H](C)CC)[C@@H]2C. The highest BCUT2D eigenvalue weighted by Gasteiger charge is 2.54. The molecule has 5 atom stereocenters. The van der Waals surface area contributed by atoms with E-state index in [4.69, 9.17) is 4.74 Å². The van der Waals surface area contributed by atoms with Crippen LogP contribution in [0.25, 0.3) is 0 Å². The lowest BCUT2D eigenvalue weighted by Gasteiger charge is -2.48. The van der Waals surface area contributed by atoms with Crippen LogP contribution in [0, 0.1) is 17.3 Å². The minimum atomic E-state index is -2.20. The molecule has 0 amide bonds. The lowest BCUT2D eigenvalue weighted by Crippen LogP contribution is -2.53. The molecule has 0 aromatic rings. The molecule has 0 aromatic heterocycles. The van der Waals surface area contributed by atoms with Crippen molar-refractivity contribution in [1.29, 1.82) is 0 Å². The van der Waals surface area contributed by atoms with Crippen molar-refractivity contribution in [3.8, 4) is 0 Å². The molecule has 6 nitrogen and oxygen atoms in total. The Morgan fingerprint density at radius 1 is 1.39 bits per heavy atom. The predicted molar refractivity (Wildman–Crippen MR) is 118 cm³/mol. The molecule has 2 rings (SSSR count). The third-order valence-corrected chi connectivity index (χ3v) is 6.62. The molecule has 0 saturated heterocycles. The normalized spacial score (nSPS) is 31.7. The van der Waals surface area contributed by atoms with E-state index in [0.717, 1.165) is 12.0 Å². The highest BCUT2D eigenvalue weighted by atomic mass is 16.5. The first-order chi connectivity index (χ1) is 14.3. The minimum absolute atomic E-state index is 0.151. The van der Waals surface area contributed by atoms with Gasteiger partial charge in [-0.2, -0.15) is 0 Å². The van der Waals surface area contributed by atoms with Crippen molar-refractivity contribution >= 4 is 17.7 Å². The summed E-state index contributed by atoms with van der Waals surface area (Å²) in [5.41, 5.74) is -1.90. The molecule has 0 aliphatic heterocycles. The molecular weight excluding hydrogens is 396 g/mol. The lowest BCUT2D eigenvalue weighted by molar-refractivity contribution is -0.148. The zero-order valence-corrected chi connectivity index (χ0v) is 18.8. The van der Waals surface area contributed by atoms with Crippen molar-refractivity contribution in [2.75, 3.05) is 0 Å². The van der Waals surface area contributed by atoms with Gasteiger partial charge in [-0.1, -0.05) is 64.5 Å². The third-order valence-electron chi connectivity index (χ3n) is 6.62. The zero-order valence-electron chi connectivity index (χ0n) is 18.8. The Kier molecular flexibility index (Phi) is 7.27. The molecule has 0 unspecified atom stereocenters. The number of carbonyl (C=O) groups excluding carboxylic acids is 2. The molecule has 2 N–H and O–H groups in total. The van der Waals surface area contributed by atoms with Crippen LogP contribution in [0.1, 0.15) is 47.5 Å². The van der Waals surface area contributed by atoms with E-state index in [-0.39, 0.29) is 12.3 Å². The fourth-order valence-corrected chi connectivity index (χ4v) is 4.10. The van der Waals surface area contributed by atoms with E-state index in [0.29, 0.717) is 11.5 Å². The number of aliphatic hydroxyl groups is 1. The van der Waals surface area contributed by atoms with Crippen LogP contribution in [0.2, 0.25) is 0 Å². The summed E-state index contributed by atoms with van der Waals surface area (Å²) in [6.07, 6.45) is 10.1. The Balaban J connectivity index is 2.23. The first kappa shape index (κ1) is 24.5. The molecule has 31 heavy (non-hydrogen) atoms. The molecule has 0 saturated carbocycles. The van der Waals surface area contributed by atoms with Gasteiger partial charge in [0.2, 0.25) is 0 Å². The van der Waals surface area contributed by atoms with Gasteiger partial charge in [-0.15, -0.1) is 0 Å². The maximum atomic E-state index is 12.5. The number of hydrogen-bond donors (Lipinski definition) is 2. The van der Waals surface area contributed by atoms with Gasteiger partial charge >= 0.3 is 11.9 Å². The summed E-state index contributed by atoms with van der Waals surface area (Å²) in [6.45, 7) is 13.2. The number of esters is 1. The van der Waals surface area contributed by atoms with Crippen LogP contribution in [0.5, 0.6) is 0 Å². The number of hydrogen-bond acceptors (Lipinski definition) is 5. The number of aliphatic carboxylic acids is 1. The smallest absolute Gasteiger partial charge is 0.334 e. The van der Waals surface area contributed by atoms with Crippen LogP contribution in [-0.2, 0) is 19.1 Å². The molecule has 2 aliphatic carbocycles. The minimum Gasteiger partial charge on any atom is -0.478 e. The number of ketones is 1. The van der Waals surface area contributed by atoms with Crippen LogP contribution < -0.4 is 0 Å². The van der Waals surface area contributed by atoms with Crippen LogP contribution in [0.3, 0.4) is 0 Å². The van der Waals surface area contributed by atoms with Crippen molar-refractivity contribution in [3.63, 3.8) is 0 Å². The molecule has 0 bridgehead atoms. The van der Waals surface area contributed by atoms with Gasteiger partial charge < -0.3 is 14.9 Å². The number of carboxylic acids is 1. The number of rotatable bonds is 7. The number of carbonyl (C=O) groups is 3. The average molecular weight is 429 g/mol. The van der Waals surface area contributed by atoms with Gasteiger partial charge in [0, 0.05) is 17.4 Å². The molecule has 0 radical (unpaired) electrons. The first-order valence-corrected chi connectivity index (χ1v) is 10.5. The summed E-state index contributed by atoms with van der Waals surface area (Å²) in [5.74, 6) is -2.51. The van der Waals surface area contributed by atoms with Crippen molar-refractivity contribution in [2.45, 2.75) is 59.2 Å². The van der Waals surface area contributed by atoms with Crippen molar-refractivity contribution < 1.29 is 29.3 Å². The van der Waals surface area contributed by atoms with Crippen LogP contribution in [0.4, 0.5) is 0 Å². The second-order valence-corrected chi connectivity index (χ2v) is 8.88. The van der Waals surface area contributed by atoms with E-state index in [1.807, 2.05) is 20.8 Å². The largest absolute Gasteiger partial charge is 0.478 e. The number of ether oxygens (including phenoxy) is 1. The second kappa shape index (κ2) is 9.18. The van der Waals surface area contributed by atoms with Crippen LogP contribution >= 0.6 is 0 Å². The number of allylic oxidation sites excluding steroid dienone is 5. The molecule has 0 spiro atoms. The van der Waals surface area contributed by atoms with Gasteiger partial charge in [0.05, 0.1) is 5.57 Å². The van der Waals surface area contributed by atoms with Crippen molar-refractivity contribution in [2.24, 2.45) is 17.3 Å². The fourth-order valence-electron chi connectivity index (χ4n) is 4.10. The van der Waals surface area contributed by atoms with Gasteiger partial charge in [0.25, 0.3) is 0 Å². The number of fused-ring (bicyclic) bond motifs is 1. The van der Waals surface area contributed by atoms with Gasteiger partial charge in [0.15, 0.2) is 11.4 Å². The maximum absolute atomic E-state index is 12.5. The topological polar surface area (TPSA) is 101 Å². The maximum Gasteiger partial charge on any atom is 0.334 e. The van der Waals surface area contributed by atoms with Crippen LogP contribution in [0.15, 0.2) is 59.8 Å². The van der Waals surface area contributed by atoms with Gasteiger partial charge in [-0.3, -0.25) is 4.79 Å². The van der Waals surface area contributed by atoms with E-state index in [1.54, 1.807) is 18.2 Å². The second-order valence-electron chi connectivity index (χ2n) is 8.88. The van der Waals surface area contributed by atoms with E-state index in [2.05, 4.69) is 26.5 Å². The van der Waals surface area contributed by atoms with Gasteiger partial charge in [0.1, 0.15) is 6.10 Å². The Morgan fingerprint density at radius 3 is 2.61 bits per heavy atom. The summed E-state index contributed by atoms with van der Waals surface area (Å²) >= 11 is 0. The van der Waals surface area contributed by atoms with E-state index >= 15 is 0 Å². The Morgan fingerprint density at radius 2 is 2.03 bits per heavy atom. The zero-order chi connectivity index (χ0) is 23.6. The van der Waals surface area contributed by atoms with Crippen LogP contribution in [-0.4, -0.2) is 39.6 Å². The van der Waals surface area contributed by atoms with Crippen molar-refractivity contribution in [3.05, 3.63) is 59.8 Å². The summed E-state index contributed by atoms with van der Waals surface area (Å²) < 4.78 is 5.63. The highest BCUT2D eigenvalue weighted by molar-refractivity contribution is 6.08. The molecule has 0 fully saturated rings. The van der Waals surface area contributed by atoms with E-state index in [1.165, 1.54) is 12.2 Å². The fraction of sp³-hybridized carbons (Fsp3) is 0.480. The molecular formula is C25H32O6. The predicted octanol–water partition coefficient (Wildman–Crippen LogP) is 3.93. The molecule has 0 heterocycles. The summed E-state index contributed by atoms with van der Waals surface area (Å²) in [7, 11) is 0. The standard InChI is InChI=1S/C25H32O6/c1-7-15(2)12-16(3)8-11-22(27)31-20-10-9-19-13-21(26)25(30,18(5)23(28)29)14-24(19,6)17(20)4/h8-13,15,17,20,30H,5,7,14H2,1-4,6H3,(H,28,29)/b11-8+,16-12+/t15-,17-,20-,24+,25+/m0/s1. The first-order valence-electron chi connectivity index (χ1n) is 10.5. The molecule has 2 aliphatic rings. The molecule has 6 heteroatoms. The van der Waals surface area contributed by atoms with Gasteiger partial charge in [-0.25, -0.2) is 9.59 Å². The monoisotopic (exact) mass is 428 g/mol. The Bertz CT molecular complexity index is 905. The van der Waals surface area contributed by atoms with E-state index < -0.39 is 40.4 Å². The Hall–Kier alpha value is -2.73. The highest BCUT2D eigenvalue weighted by Crippen LogP contribution is 2.52.